The maximum Gasteiger partial charge on any atom is 0.335 e. The highest BCUT2D eigenvalue weighted by atomic mass is 16.4. The number of aryl methyl sites for hydroxylation is 1. The number of hydrogen-bond donors (Lipinski definition) is 2. The van der Waals surface area contributed by atoms with E-state index >= 15 is 0 Å². The summed E-state index contributed by atoms with van der Waals surface area (Å²) in [5, 5.41) is 12.1. The lowest BCUT2D eigenvalue weighted by Crippen LogP contribution is -2.38. The Bertz CT molecular complexity index is 721. The van der Waals surface area contributed by atoms with Gasteiger partial charge in [0, 0.05) is 12.5 Å². The second-order valence-electron chi connectivity index (χ2n) is 6.70. The molecule has 25 heavy (non-hydrogen) atoms. The monoisotopic (exact) mass is 337 g/mol. The van der Waals surface area contributed by atoms with Gasteiger partial charge in [-0.1, -0.05) is 42.5 Å². The van der Waals surface area contributed by atoms with Gasteiger partial charge < -0.3 is 10.4 Å². The van der Waals surface area contributed by atoms with E-state index in [0.29, 0.717) is 18.8 Å². The zero-order chi connectivity index (χ0) is 17.6. The van der Waals surface area contributed by atoms with Gasteiger partial charge in [-0.25, -0.2) is 4.79 Å². The first kappa shape index (κ1) is 17.2. The highest BCUT2D eigenvalue weighted by molar-refractivity contribution is 5.87. The second-order valence-corrected chi connectivity index (χ2v) is 6.70. The maximum absolute atomic E-state index is 12.3. The van der Waals surface area contributed by atoms with Gasteiger partial charge in [-0.3, -0.25) is 4.79 Å². The lowest BCUT2D eigenvalue weighted by Gasteiger charge is -2.18. The summed E-state index contributed by atoms with van der Waals surface area (Å²) in [5.41, 5.74) is 2.50. The van der Waals surface area contributed by atoms with Crippen LogP contribution in [-0.4, -0.2) is 23.0 Å². The van der Waals surface area contributed by atoms with Gasteiger partial charge in [-0.15, -0.1) is 0 Å². The van der Waals surface area contributed by atoms with Crippen LogP contribution in [0.4, 0.5) is 0 Å². The standard InChI is InChI=1S/C21H23NO3/c23-20(13-8-15-6-9-18(10-7-15)21(24)25)22-19(17-11-12-17)14-16-4-2-1-3-5-16/h1-7,9-10,17,19H,8,11-14H2,(H,22,23)(H,24,25). The number of carboxylic acid groups (broad SMARTS) is 1. The van der Waals surface area contributed by atoms with Crippen molar-refractivity contribution in [2.75, 3.05) is 0 Å². The van der Waals surface area contributed by atoms with Crippen LogP contribution in [0, 0.1) is 5.92 Å². The minimum Gasteiger partial charge on any atom is -0.478 e. The molecule has 2 aromatic rings. The molecule has 0 aromatic heterocycles. The molecule has 1 unspecified atom stereocenters. The van der Waals surface area contributed by atoms with Crippen LogP contribution in [0.3, 0.4) is 0 Å². The van der Waals surface area contributed by atoms with E-state index in [4.69, 9.17) is 5.11 Å². The van der Waals surface area contributed by atoms with Crippen LogP contribution in [0.2, 0.25) is 0 Å². The molecule has 0 radical (unpaired) electrons. The molecule has 0 heterocycles. The summed E-state index contributed by atoms with van der Waals surface area (Å²) in [6.45, 7) is 0. The van der Waals surface area contributed by atoms with Gasteiger partial charge in [-0.2, -0.15) is 0 Å². The average Bonchev–Trinajstić information content (AvgIpc) is 3.46. The number of amides is 1. The number of aromatic carboxylic acids is 1. The smallest absolute Gasteiger partial charge is 0.335 e. The first-order valence-electron chi connectivity index (χ1n) is 8.77. The van der Waals surface area contributed by atoms with Crippen molar-refractivity contribution < 1.29 is 14.7 Å². The predicted molar refractivity (Wildman–Crippen MR) is 96.5 cm³/mol. The van der Waals surface area contributed by atoms with Gasteiger partial charge in [0.1, 0.15) is 0 Å². The van der Waals surface area contributed by atoms with Crippen LogP contribution in [0.5, 0.6) is 0 Å². The Morgan fingerprint density at radius 2 is 1.68 bits per heavy atom. The van der Waals surface area contributed by atoms with E-state index in [0.717, 1.165) is 12.0 Å². The lowest BCUT2D eigenvalue weighted by molar-refractivity contribution is -0.121. The molecule has 1 fully saturated rings. The van der Waals surface area contributed by atoms with Crippen molar-refractivity contribution in [1.82, 2.24) is 5.32 Å². The molecule has 1 aliphatic rings. The molecule has 0 spiro atoms. The fraction of sp³-hybridized carbons (Fsp3) is 0.333. The largest absolute Gasteiger partial charge is 0.478 e. The predicted octanol–water partition coefficient (Wildman–Crippen LogP) is 3.45. The van der Waals surface area contributed by atoms with Crippen molar-refractivity contribution in [2.45, 2.75) is 38.1 Å². The Balaban J connectivity index is 1.51. The highest BCUT2D eigenvalue weighted by Crippen LogP contribution is 2.34. The summed E-state index contributed by atoms with van der Waals surface area (Å²) in [4.78, 5) is 23.2. The Kier molecular flexibility index (Phi) is 5.49. The molecule has 4 heteroatoms. The summed E-state index contributed by atoms with van der Waals surface area (Å²) in [6.07, 6.45) is 4.30. The number of carbonyl (C=O) groups is 2. The molecular formula is C21H23NO3. The van der Waals surface area contributed by atoms with Gasteiger partial charge in [0.05, 0.1) is 5.56 Å². The number of rotatable bonds is 8. The molecule has 0 bridgehead atoms. The third kappa shape index (κ3) is 5.18. The SMILES string of the molecule is O=C(CCc1ccc(C(=O)O)cc1)NC(Cc1ccccc1)C1CC1. The Labute approximate surface area is 147 Å². The third-order valence-corrected chi connectivity index (χ3v) is 4.68. The molecule has 4 nitrogen and oxygen atoms in total. The van der Waals surface area contributed by atoms with Crippen LogP contribution in [0.25, 0.3) is 0 Å². The normalized spacial score (nSPS) is 14.7. The first-order chi connectivity index (χ1) is 12.1. The summed E-state index contributed by atoms with van der Waals surface area (Å²) in [6, 6.07) is 17.2. The highest BCUT2D eigenvalue weighted by Gasteiger charge is 2.32. The molecule has 1 atom stereocenters. The van der Waals surface area contributed by atoms with Crippen molar-refractivity contribution in [3.8, 4) is 0 Å². The topological polar surface area (TPSA) is 66.4 Å². The number of carboxylic acids is 1. The van der Waals surface area contributed by atoms with Crippen LogP contribution >= 0.6 is 0 Å². The molecule has 0 aliphatic heterocycles. The van der Waals surface area contributed by atoms with Gasteiger partial charge in [-0.05, 0) is 54.9 Å². The van der Waals surface area contributed by atoms with E-state index in [-0.39, 0.29) is 17.5 Å². The van der Waals surface area contributed by atoms with E-state index in [1.165, 1.54) is 18.4 Å². The fourth-order valence-electron chi connectivity index (χ4n) is 3.05. The quantitative estimate of drug-likeness (QED) is 0.775. The zero-order valence-electron chi connectivity index (χ0n) is 14.2. The van der Waals surface area contributed by atoms with Crippen LogP contribution in [0.15, 0.2) is 54.6 Å². The molecular weight excluding hydrogens is 314 g/mol. The van der Waals surface area contributed by atoms with Gasteiger partial charge in [0.15, 0.2) is 0 Å². The molecule has 1 aliphatic carbocycles. The van der Waals surface area contributed by atoms with E-state index in [1.807, 2.05) is 18.2 Å². The molecule has 2 aromatic carbocycles. The Morgan fingerprint density at radius 1 is 1.00 bits per heavy atom. The van der Waals surface area contributed by atoms with Gasteiger partial charge in [0.2, 0.25) is 5.91 Å². The minimum absolute atomic E-state index is 0.0649. The van der Waals surface area contributed by atoms with E-state index in [1.54, 1.807) is 24.3 Å². The molecule has 0 saturated heterocycles. The van der Waals surface area contributed by atoms with Crippen molar-refractivity contribution in [2.24, 2.45) is 5.92 Å². The molecule has 3 rings (SSSR count). The number of benzene rings is 2. The zero-order valence-corrected chi connectivity index (χ0v) is 14.2. The summed E-state index contributed by atoms with van der Waals surface area (Å²) < 4.78 is 0. The molecule has 130 valence electrons. The summed E-state index contributed by atoms with van der Waals surface area (Å²) >= 11 is 0. The van der Waals surface area contributed by atoms with Crippen molar-refractivity contribution in [3.05, 3.63) is 71.3 Å². The molecule has 1 saturated carbocycles. The number of nitrogens with one attached hydrogen (secondary N) is 1. The molecule has 1 amide bonds. The van der Waals surface area contributed by atoms with Crippen molar-refractivity contribution in [3.63, 3.8) is 0 Å². The second kappa shape index (κ2) is 7.97. The Morgan fingerprint density at radius 3 is 2.28 bits per heavy atom. The first-order valence-corrected chi connectivity index (χ1v) is 8.77. The average molecular weight is 337 g/mol. The van der Waals surface area contributed by atoms with Crippen molar-refractivity contribution in [1.29, 1.82) is 0 Å². The van der Waals surface area contributed by atoms with E-state index < -0.39 is 5.97 Å². The maximum atomic E-state index is 12.3. The van der Waals surface area contributed by atoms with Crippen LogP contribution in [-0.2, 0) is 17.6 Å². The fourth-order valence-corrected chi connectivity index (χ4v) is 3.05. The number of hydrogen-bond acceptors (Lipinski definition) is 2. The summed E-state index contributed by atoms with van der Waals surface area (Å²) in [5.74, 6) is -0.272. The Hall–Kier alpha value is -2.62. The van der Waals surface area contributed by atoms with Gasteiger partial charge in [0.25, 0.3) is 0 Å². The summed E-state index contributed by atoms with van der Waals surface area (Å²) in [7, 11) is 0. The lowest BCUT2D eigenvalue weighted by atomic mass is 10.0. The minimum atomic E-state index is -0.933. The molecule has 2 N–H and O–H groups in total. The van der Waals surface area contributed by atoms with Gasteiger partial charge >= 0.3 is 5.97 Å². The van der Waals surface area contributed by atoms with Crippen molar-refractivity contribution >= 4 is 11.9 Å². The van der Waals surface area contributed by atoms with E-state index in [9.17, 15) is 9.59 Å². The third-order valence-electron chi connectivity index (χ3n) is 4.68. The number of carbonyl (C=O) groups excluding carboxylic acids is 1. The van der Waals surface area contributed by atoms with Crippen LogP contribution in [0.1, 0.15) is 40.7 Å². The van der Waals surface area contributed by atoms with E-state index in [2.05, 4.69) is 17.4 Å². The van der Waals surface area contributed by atoms with Crippen LogP contribution < -0.4 is 5.32 Å².